The largest absolute Gasteiger partial charge is 0.491 e. The van der Waals surface area contributed by atoms with E-state index >= 15 is 0 Å². The van der Waals surface area contributed by atoms with Gasteiger partial charge in [-0.3, -0.25) is 9.48 Å². The fraction of sp³-hybridized carbons (Fsp3) is 0.375. The number of halogens is 2. The van der Waals surface area contributed by atoms with Crippen LogP contribution in [0.4, 0.5) is 0 Å². The summed E-state index contributed by atoms with van der Waals surface area (Å²) < 4.78 is 19.2. The predicted octanol–water partition coefficient (Wildman–Crippen LogP) is 5.73. The second-order valence-corrected chi connectivity index (χ2v) is 8.77. The molecule has 0 aliphatic carbocycles. The van der Waals surface area contributed by atoms with E-state index in [9.17, 15) is 4.79 Å². The number of aliphatic carboxylic acids is 1. The van der Waals surface area contributed by atoms with Crippen LogP contribution in [0.3, 0.4) is 0 Å². The van der Waals surface area contributed by atoms with Gasteiger partial charge in [0.15, 0.2) is 0 Å². The lowest BCUT2D eigenvalue weighted by molar-refractivity contribution is -0.136. The summed E-state index contributed by atoms with van der Waals surface area (Å²) in [7, 11) is 1.77. The van der Waals surface area contributed by atoms with Crippen LogP contribution in [0.2, 0.25) is 10.0 Å². The molecule has 2 heterocycles. The first kappa shape index (κ1) is 25.6. The first-order chi connectivity index (χ1) is 16.2. The van der Waals surface area contributed by atoms with E-state index in [1.807, 2.05) is 32.0 Å². The first-order valence-electron chi connectivity index (χ1n) is 10.9. The second kappa shape index (κ2) is 11.9. The third-order valence-corrected chi connectivity index (χ3v) is 5.26. The van der Waals surface area contributed by atoms with Crippen molar-refractivity contribution in [2.45, 2.75) is 45.6 Å². The lowest BCUT2D eigenvalue weighted by Crippen LogP contribution is -2.06. The van der Waals surface area contributed by atoms with Crippen molar-refractivity contribution in [2.75, 3.05) is 6.61 Å². The van der Waals surface area contributed by atoms with E-state index in [2.05, 4.69) is 10.1 Å². The van der Waals surface area contributed by atoms with Crippen LogP contribution in [-0.2, 0) is 24.7 Å². The molecule has 182 valence electrons. The summed E-state index contributed by atoms with van der Waals surface area (Å²) in [5.74, 6) is 1.15. The highest BCUT2D eigenvalue weighted by Gasteiger charge is 2.13. The average molecular weight is 508 g/mol. The fourth-order valence-electron chi connectivity index (χ4n) is 3.22. The molecular weight excluding hydrogens is 481 g/mol. The molecule has 0 spiro atoms. The van der Waals surface area contributed by atoms with Crippen LogP contribution in [0.1, 0.15) is 37.9 Å². The molecular formula is C24H27Cl2N3O5. The Bertz CT molecular complexity index is 1130. The molecule has 34 heavy (non-hydrogen) atoms. The van der Waals surface area contributed by atoms with Crippen molar-refractivity contribution in [3.05, 3.63) is 57.8 Å². The Hall–Kier alpha value is -2.97. The van der Waals surface area contributed by atoms with Gasteiger partial charge in [0.1, 0.15) is 16.5 Å². The topological polar surface area (TPSA) is 95.7 Å². The van der Waals surface area contributed by atoms with Gasteiger partial charge in [0, 0.05) is 31.1 Å². The third-order valence-electron chi connectivity index (χ3n) is 4.78. The van der Waals surface area contributed by atoms with Crippen LogP contribution < -0.4 is 14.2 Å². The number of ether oxygens (including phenoxy) is 3. The van der Waals surface area contributed by atoms with Gasteiger partial charge in [-0.15, -0.1) is 5.10 Å². The molecule has 1 N–H and O–H groups in total. The molecule has 0 amide bonds. The Labute approximate surface area is 208 Å². The van der Waals surface area contributed by atoms with Crippen LogP contribution in [0.5, 0.6) is 23.3 Å². The van der Waals surface area contributed by atoms with E-state index in [1.54, 1.807) is 23.9 Å². The normalized spacial score (nSPS) is 11.0. The smallest absolute Gasteiger partial charge is 0.303 e. The highest BCUT2D eigenvalue weighted by Crippen LogP contribution is 2.34. The number of hydrogen-bond acceptors (Lipinski definition) is 6. The number of carbonyl (C=O) groups is 1. The summed E-state index contributed by atoms with van der Waals surface area (Å²) in [6.45, 7) is 4.33. The number of aromatic nitrogens is 3. The van der Waals surface area contributed by atoms with Crippen molar-refractivity contribution in [1.29, 1.82) is 0 Å². The molecule has 0 fully saturated rings. The van der Waals surface area contributed by atoms with E-state index < -0.39 is 5.97 Å². The van der Waals surface area contributed by atoms with Crippen molar-refractivity contribution < 1.29 is 24.1 Å². The van der Waals surface area contributed by atoms with Crippen LogP contribution in [-0.4, -0.2) is 38.6 Å². The van der Waals surface area contributed by atoms with E-state index in [4.69, 9.17) is 42.5 Å². The van der Waals surface area contributed by atoms with Crippen LogP contribution >= 0.6 is 23.2 Å². The van der Waals surface area contributed by atoms with Gasteiger partial charge in [0.25, 0.3) is 0 Å². The Morgan fingerprint density at radius 3 is 2.68 bits per heavy atom. The monoisotopic (exact) mass is 507 g/mol. The number of nitrogens with zero attached hydrogens (tertiary/aromatic N) is 3. The van der Waals surface area contributed by atoms with Gasteiger partial charge in [0.2, 0.25) is 11.8 Å². The molecule has 0 atom stereocenters. The van der Waals surface area contributed by atoms with Gasteiger partial charge in [-0.2, -0.15) is 0 Å². The van der Waals surface area contributed by atoms with Gasteiger partial charge >= 0.3 is 5.97 Å². The highest BCUT2D eigenvalue weighted by molar-refractivity contribution is 6.35. The minimum atomic E-state index is -0.846. The van der Waals surface area contributed by atoms with Crippen molar-refractivity contribution in [3.63, 3.8) is 0 Å². The van der Waals surface area contributed by atoms with Gasteiger partial charge < -0.3 is 19.3 Å². The summed E-state index contributed by atoms with van der Waals surface area (Å²) in [6.07, 6.45) is 3.30. The lowest BCUT2D eigenvalue weighted by Gasteiger charge is -2.15. The molecule has 0 unspecified atom stereocenters. The van der Waals surface area contributed by atoms with E-state index in [1.165, 1.54) is 6.20 Å². The zero-order valence-electron chi connectivity index (χ0n) is 19.3. The van der Waals surface area contributed by atoms with Crippen LogP contribution in [0.15, 0.2) is 36.5 Å². The SMILES string of the molecule is CC(C)Oc1ccc(CCCOc2cc(CCC(=O)O)n(C)n2)c(Oc2ncc(Cl)cc2Cl)c1. The van der Waals surface area contributed by atoms with Crippen molar-refractivity contribution in [3.8, 4) is 23.3 Å². The van der Waals surface area contributed by atoms with Crippen LogP contribution in [0, 0.1) is 0 Å². The number of carboxylic acids is 1. The molecule has 0 radical (unpaired) electrons. The Kier molecular flexibility index (Phi) is 9.01. The maximum absolute atomic E-state index is 10.8. The summed E-state index contributed by atoms with van der Waals surface area (Å²) in [4.78, 5) is 15.0. The van der Waals surface area contributed by atoms with Crippen molar-refractivity contribution in [2.24, 2.45) is 7.05 Å². The molecule has 0 saturated heterocycles. The predicted molar refractivity (Wildman–Crippen MR) is 130 cm³/mol. The summed E-state index contributed by atoms with van der Waals surface area (Å²) in [5, 5.41) is 13.9. The lowest BCUT2D eigenvalue weighted by atomic mass is 10.1. The molecule has 0 bridgehead atoms. The van der Waals surface area contributed by atoms with E-state index in [0.29, 0.717) is 53.3 Å². The van der Waals surface area contributed by atoms with Gasteiger partial charge in [-0.05, 0) is 50.8 Å². The number of aryl methyl sites for hydroxylation is 3. The van der Waals surface area contributed by atoms with E-state index in [-0.39, 0.29) is 18.4 Å². The number of hydrogen-bond donors (Lipinski definition) is 1. The Morgan fingerprint density at radius 2 is 1.97 bits per heavy atom. The molecule has 3 aromatic rings. The summed E-state index contributed by atoms with van der Waals surface area (Å²) >= 11 is 12.2. The van der Waals surface area contributed by atoms with Gasteiger partial charge in [-0.1, -0.05) is 29.3 Å². The Balaban J connectivity index is 1.65. The van der Waals surface area contributed by atoms with Crippen molar-refractivity contribution >= 4 is 29.2 Å². The zero-order valence-corrected chi connectivity index (χ0v) is 20.8. The number of pyridine rings is 1. The quantitative estimate of drug-likeness (QED) is 0.312. The number of carboxylic acid groups (broad SMARTS) is 1. The maximum Gasteiger partial charge on any atom is 0.303 e. The summed E-state index contributed by atoms with van der Waals surface area (Å²) in [6, 6.07) is 9.00. The molecule has 2 aromatic heterocycles. The molecule has 1 aromatic carbocycles. The van der Waals surface area contributed by atoms with Crippen LogP contribution in [0.25, 0.3) is 0 Å². The molecule has 0 saturated carbocycles. The third kappa shape index (κ3) is 7.53. The minimum Gasteiger partial charge on any atom is -0.491 e. The standard InChI is InChI=1S/C24H27Cl2N3O5/c1-15(2)33-19-8-6-16(21(13-19)34-24-20(26)11-17(25)14-27-24)5-4-10-32-22-12-18(29(3)28-22)7-9-23(30)31/h6,8,11-15H,4-5,7,9-10H2,1-3H3,(H,30,31). The highest BCUT2D eigenvalue weighted by atomic mass is 35.5. The van der Waals surface area contributed by atoms with Crippen molar-refractivity contribution in [1.82, 2.24) is 14.8 Å². The second-order valence-electron chi connectivity index (χ2n) is 7.92. The zero-order chi connectivity index (χ0) is 24.7. The summed E-state index contributed by atoms with van der Waals surface area (Å²) in [5.41, 5.74) is 1.75. The minimum absolute atomic E-state index is 0.0168. The first-order valence-corrected chi connectivity index (χ1v) is 11.6. The Morgan fingerprint density at radius 1 is 1.18 bits per heavy atom. The fourth-order valence-corrected chi connectivity index (χ4v) is 3.64. The molecule has 8 nitrogen and oxygen atoms in total. The number of rotatable bonds is 12. The van der Waals surface area contributed by atoms with Gasteiger partial charge in [0.05, 0.1) is 24.2 Å². The van der Waals surface area contributed by atoms with E-state index in [0.717, 1.165) is 11.3 Å². The maximum atomic E-state index is 10.8. The van der Waals surface area contributed by atoms with Gasteiger partial charge in [-0.25, -0.2) is 4.98 Å². The average Bonchev–Trinajstić information content (AvgIpc) is 3.12. The molecule has 3 rings (SSSR count). The molecule has 0 aliphatic heterocycles. The molecule has 0 aliphatic rings. The number of benzene rings is 1. The molecule has 10 heteroatoms.